The van der Waals surface area contributed by atoms with Gasteiger partial charge in [0.05, 0.1) is 0 Å². The Morgan fingerprint density at radius 2 is 0.732 bits per heavy atom. The van der Waals surface area contributed by atoms with Crippen molar-refractivity contribution in [3.8, 4) is 0 Å². The van der Waals surface area contributed by atoms with Crippen LogP contribution in [0, 0.1) is 0 Å². The van der Waals surface area contributed by atoms with Gasteiger partial charge in [0, 0.05) is 47.2 Å². The Labute approximate surface area is 280 Å². The molecule has 4 aliphatic rings. The second kappa shape index (κ2) is 13.1. The van der Waals surface area contributed by atoms with Gasteiger partial charge in [-0.1, -0.05) is 116 Å². The molecule has 0 heterocycles. The standard InChI is InChI=1S/2C18H24.C2H8Si.2Li/c2*1-12-8-13-10-15-16(11-14(13)9-12)18(4,5)7-6-17(15,2)3;1-3-2;;/h2*8,10-11H,6-7,9H2,1-5H3;3H2,1-2H3;;. The maximum absolute atomic E-state index is 2.50. The zero-order chi connectivity index (χ0) is 29.0. The number of fused-ring (bicyclic) bond motifs is 4. The summed E-state index contributed by atoms with van der Waals surface area (Å²) in [6.45, 7) is 28.2. The molecule has 2 aromatic carbocycles. The van der Waals surface area contributed by atoms with E-state index in [2.05, 4.69) is 119 Å². The van der Waals surface area contributed by atoms with E-state index in [4.69, 9.17) is 0 Å². The fraction of sp³-hybridized carbons (Fsp3) is 0.579. The minimum absolute atomic E-state index is 0. The van der Waals surface area contributed by atoms with Crippen molar-refractivity contribution in [2.75, 3.05) is 0 Å². The van der Waals surface area contributed by atoms with Crippen molar-refractivity contribution in [3.63, 3.8) is 0 Å². The maximum atomic E-state index is 2.50. The molecular formula is C38H56Li2Si. The van der Waals surface area contributed by atoms with Gasteiger partial charge in [-0.05, 0) is 119 Å². The molecule has 0 saturated heterocycles. The van der Waals surface area contributed by atoms with E-state index < -0.39 is 0 Å². The van der Waals surface area contributed by atoms with E-state index in [0.717, 1.165) is 12.8 Å². The summed E-state index contributed by atoms with van der Waals surface area (Å²) in [4.78, 5) is 0. The summed E-state index contributed by atoms with van der Waals surface area (Å²) in [5.41, 5.74) is 16.8. The van der Waals surface area contributed by atoms with E-state index in [9.17, 15) is 0 Å². The zero-order valence-corrected chi connectivity index (χ0v) is 30.8. The van der Waals surface area contributed by atoms with Gasteiger partial charge in [-0.25, -0.2) is 0 Å². The predicted molar refractivity (Wildman–Crippen MR) is 190 cm³/mol. The number of benzene rings is 2. The Morgan fingerprint density at radius 3 is 1.00 bits per heavy atom. The van der Waals surface area contributed by atoms with Crippen LogP contribution in [-0.2, 0) is 34.5 Å². The molecule has 0 bridgehead atoms. The van der Waals surface area contributed by atoms with Crippen LogP contribution >= 0.6 is 0 Å². The minimum atomic E-state index is 0. The fourth-order valence-electron chi connectivity index (χ4n) is 7.16. The number of hydrogen-bond donors (Lipinski definition) is 0. The van der Waals surface area contributed by atoms with Crippen LogP contribution in [0.2, 0.25) is 13.1 Å². The van der Waals surface area contributed by atoms with Gasteiger partial charge in [-0.15, -0.1) is 0 Å². The van der Waals surface area contributed by atoms with E-state index in [1.54, 1.807) is 22.3 Å². The quantitative estimate of drug-likeness (QED) is 0.285. The third-order valence-electron chi connectivity index (χ3n) is 9.97. The number of rotatable bonds is 0. The average Bonchev–Trinajstić information content (AvgIpc) is 3.39. The molecule has 41 heavy (non-hydrogen) atoms. The van der Waals surface area contributed by atoms with Crippen molar-refractivity contribution in [1.82, 2.24) is 0 Å². The third kappa shape index (κ3) is 7.53. The first-order chi connectivity index (χ1) is 18.0. The molecule has 2 aromatic rings. The monoisotopic (exact) mass is 554 g/mol. The molecule has 0 spiro atoms. The molecule has 3 heteroatoms. The Morgan fingerprint density at radius 1 is 0.488 bits per heavy atom. The Bertz CT molecular complexity index is 1220. The van der Waals surface area contributed by atoms with Crippen LogP contribution in [-0.4, -0.2) is 47.2 Å². The van der Waals surface area contributed by atoms with Gasteiger partial charge >= 0.3 is 0 Å². The van der Waals surface area contributed by atoms with Gasteiger partial charge in [0.15, 0.2) is 0 Å². The summed E-state index contributed by atoms with van der Waals surface area (Å²) in [6, 6.07) is 9.95. The molecule has 0 nitrogen and oxygen atoms in total. The third-order valence-corrected chi connectivity index (χ3v) is 9.97. The van der Waals surface area contributed by atoms with Crippen LogP contribution in [0.15, 0.2) is 35.4 Å². The topological polar surface area (TPSA) is 0 Å². The molecule has 0 N–H and O–H groups in total. The molecule has 0 amide bonds. The molecule has 214 valence electrons. The second-order valence-electron chi connectivity index (χ2n) is 15.8. The summed E-state index contributed by atoms with van der Waals surface area (Å²) in [7, 11) is 0.417. The van der Waals surface area contributed by atoms with Crippen LogP contribution in [0.5, 0.6) is 0 Å². The van der Waals surface area contributed by atoms with E-state index in [1.165, 1.54) is 59.1 Å². The SMILES string of the molecule is CC1=Cc2cc3c(cc2C1)C(C)(C)CCC3(C)C.CC1=Cc2cc3c(cc2C1)C(C)(C)CCC3(C)C.C[SiH2]C.[Li].[Li]. The summed E-state index contributed by atoms with van der Waals surface area (Å²) in [5.74, 6) is 0. The predicted octanol–water partition coefficient (Wildman–Crippen LogP) is 9.48. The van der Waals surface area contributed by atoms with Gasteiger partial charge in [0.2, 0.25) is 0 Å². The summed E-state index contributed by atoms with van der Waals surface area (Å²) in [5, 5.41) is 0. The normalized spacial score (nSPS) is 20.9. The van der Waals surface area contributed by atoms with E-state index in [0.29, 0.717) is 31.2 Å². The molecule has 0 unspecified atom stereocenters. The minimum Gasteiger partial charge on any atom is -0.0750 e. The van der Waals surface area contributed by atoms with Gasteiger partial charge < -0.3 is 0 Å². The molecule has 6 rings (SSSR count). The Kier molecular flexibility index (Phi) is 11.7. The fourth-order valence-corrected chi connectivity index (χ4v) is 7.16. The summed E-state index contributed by atoms with van der Waals surface area (Å²) < 4.78 is 0. The molecule has 0 aromatic heterocycles. The first-order valence-corrected chi connectivity index (χ1v) is 18.5. The second-order valence-corrected chi connectivity index (χ2v) is 17.2. The van der Waals surface area contributed by atoms with Crippen LogP contribution in [0.3, 0.4) is 0 Å². The van der Waals surface area contributed by atoms with Crippen molar-refractivity contribution in [2.45, 2.75) is 143 Å². The van der Waals surface area contributed by atoms with Crippen molar-refractivity contribution in [1.29, 1.82) is 0 Å². The molecule has 4 aliphatic carbocycles. The van der Waals surface area contributed by atoms with Crippen molar-refractivity contribution >= 4 is 59.4 Å². The van der Waals surface area contributed by atoms with Gasteiger partial charge in [-0.3, -0.25) is 0 Å². The summed E-state index contributed by atoms with van der Waals surface area (Å²) >= 11 is 0. The van der Waals surface area contributed by atoms with Gasteiger partial charge in [-0.2, -0.15) is 0 Å². The van der Waals surface area contributed by atoms with Gasteiger partial charge in [0.25, 0.3) is 0 Å². The average molecular weight is 555 g/mol. The molecule has 0 fully saturated rings. The first-order valence-electron chi connectivity index (χ1n) is 15.7. The van der Waals surface area contributed by atoms with Gasteiger partial charge in [0.1, 0.15) is 0 Å². The Balaban J connectivity index is 0.000000251. The number of hydrogen-bond acceptors (Lipinski definition) is 0. The smallest absolute Gasteiger partial charge is 0.0135 e. The van der Waals surface area contributed by atoms with Crippen molar-refractivity contribution in [2.24, 2.45) is 0 Å². The van der Waals surface area contributed by atoms with Crippen LogP contribution in [0.4, 0.5) is 0 Å². The number of allylic oxidation sites excluding steroid dienone is 2. The van der Waals surface area contributed by atoms with Crippen LogP contribution < -0.4 is 0 Å². The molecule has 0 saturated carbocycles. The molecule has 2 radical (unpaired) electrons. The molecule has 0 atom stereocenters. The van der Waals surface area contributed by atoms with E-state index >= 15 is 0 Å². The molecule has 0 aliphatic heterocycles. The van der Waals surface area contributed by atoms with Crippen molar-refractivity contribution < 1.29 is 0 Å². The zero-order valence-electron chi connectivity index (χ0n) is 29.4. The Hall–Kier alpha value is -0.668. The first kappa shape index (κ1) is 36.5. The summed E-state index contributed by atoms with van der Waals surface area (Å²) in [6.07, 6.45) is 12.2. The molecular weight excluding hydrogens is 498 g/mol. The van der Waals surface area contributed by atoms with Crippen LogP contribution in [0.1, 0.15) is 139 Å². The van der Waals surface area contributed by atoms with Crippen molar-refractivity contribution in [3.05, 3.63) is 79.9 Å². The maximum Gasteiger partial charge on any atom is 0.0135 e. The van der Waals surface area contributed by atoms with E-state index in [1.807, 2.05) is 0 Å². The largest absolute Gasteiger partial charge is 0.0750 e. The van der Waals surface area contributed by atoms with E-state index in [-0.39, 0.29) is 37.7 Å². The van der Waals surface area contributed by atoms with Crippen LogP contribution in [0.25, 0.3) is 12.2 Å².